The zero-order valence-electron chi connectivity index (χ0n) is 77.6. The average molecular weight is 2130 g/mol. The van der Waals surface area contributed by atoms with Crippen LogP contribution in [0.4, 0.5) is 29.7 Å². The normalized spacial score (nSPS) is 26.0. The van der Waals surface area contributed by atoms with Gasteiger partial charge < -0.3 is 108 Å². The number of carbonyl (C=O) groups excluding carboxylic acids is 9. The van der Waals surface area contributed by atoms with Crippen molar-refractivity contribution in [3.63, 3.8) is 0 Å². The highest BCUT2D eigenvalue weighted by molar-refractivity contribution is 9.09. The summed E-state index contributed by atoms with van der Waals surface area (Å²) >= 11 is 15.6. The van der Waals surface area contributed by atoms with E-state index in [1.165, 1.54) is 0 Å². The van der Waals surface area contributed by atoms with Crippen molar-refractivity contribution in [2.45, 2.75) is 240 Å². The van der Waals surface area contributed by atoms with Gasteiger partial charge >= 0.3 is 66.0 Å². The summed E-state index contributed by atoms with van der Waals surface area (Å²) in [5.74, 6) is -1.58. The highest BCUT2D eigenvalue weighted by Crippen LogP contribution is 2.38. The van der Waals surface area contributed by atoms with Gasteiger partial charge in [0.2, 0.25) is 5.91 Å². The summed E-state index contributed by atoms with van der Waals surface area (Å²) in [5.41, 5.74) is 1.48. The van der Waals surface area contributed by atoms with Crippen LogP contribution in [0, 0.1) is 4.78 Å². The van der Waals surface area contributed by atoms with Crippen molar-refractivity contribution < 1.29 is 137 Å². The van der Waals surface area contributed by atoms with E-state index in [4.69, 9.17) is 54.8 Å². The molecule has 45 nitrogen and oxygen atoms in total. The van der Waals surface area contributed by atoms with E-state index in [2.05, 4.69) is 106 Å². The summed E-state index contributed by atoms with van der Waals surface area (Å²) in [4.78, 5) is 178. The number of aliphatic carboxylic acids is 5. The second-order valence-electron chi connectivity index (χ2n) is 34.4. The molecule has 53 heteroatoms. The minimum atomic E-state index is -1.00. The number of carboxylic acids is 5. The summed E-state index contributed by atoms with van der Waals surface area (Å²) in [6, 6.07) is 9.34. The van der Waals surface area contributed by atoms with Gasteiger partial charge in [0.1, 0.15) is 25.2 Å². The van der Waals surface area contributed by atoms with Crippen LogP contribution in [0.2, 0.25) is 0 Å². The molecule has 138 heavy (non-hydrogen) atoms. The number of unbranched alkanes of at least 4 members (excludes halogenated alkanes) is 9. The third kappa shape index (κ3) is 44.8. The van der Waals surface area contributed by atoms with Gasteiger partial charge in [-0.15, -0.1) is 5.06 Å². The largest absolute Gasteiger partial charge is 0.481 e. The van der Waals surface area contributed by atoms with Crippen LogP contribution in [0.5, 0.6) is 0 Å². The number of halogens is 1. The third-order valence-corrected chi connectivity index (χ3v) is 32.4. The van der Waals surface area contributed by atoms with Crippen molar-refractivity contribution >= 4 is 185 Å². The summed E-state index contributed by atoms with van der Waals surface area (Å²) < 4.78 is 21.2. The number of amides is 13. The van der Waals surface area contributed by atoms with E-state index in [-0.39, 0.29) is 170 Å². The fourth-order valence-corrected chi connectivity index (χ4v) is 25.3. The first-order valence-electron chi connectivity index (χ1n) is 46.6. The van der Waals surface area contributed by atoms with Gasteiger partial charge in [0.15, 0.2) is 0 Å². The number of anilines is 1. The zero-order chi connectivity index (χ0) is 99.4. The van der Waals surface area contributed by atoms with Crippen molar-refractivity contribution in [1.82, 2.24) is 77.8 Å². The lowest BCUT2D eigenvalue weighted by atomic mass is 10.0. The van der Waals surface area contributed by atoms with Crippen molar-refractivity contribution in [2.24, 2.45) is 0 Å². The van der Waals surface area contributed by atoms with Gasteiger partial charge in [-0.3, -0.25) is 63.7 Å². The average Bonchev–Trinajstić information content (AvgIpc) is 1.69. The van der Waals surface area contributed by atoms with Gasteiger partial charge in [0, 0.05) is 192 Å². The van der Waals surface area contributed by atoms with Gasteiger partial charge in [0.05, 0.1) is 86.7 Å². The Balaban J connectivity index is 0.000000287. The number of hydroxylamine groups is 2. The van der Waals surface area contributed by atoms with Crippen molar-refractivity contribution in [3.05, 3.63) is 29.8 Å². The van der Waals surface area contributed by atoms with Crippen LogP contribution in [0.3, 0.4) is 0 Å². The highest BCUT2D eigenvalue weighted by Gasteiger charge is 2.47. The van der Waals surface area contributed by atoms with E-state index in [9.17, 15) is 77.3 Å². The Bertz CT molecular complexity index is 3920. The van der Waals surface area contributed by atoms with Crippen LogP contribution < -0.4 is 58.5 Å². The van der Waals surface area contributed by atoms with Crippen LogP contribution in [-0.2, 0) is 90.8 Å². The molecule has 20 N–H and O–H groups in total. The van der Waals surface area contributed by atoms with Crippen LogP contribution >= 0.6 is 74.7 Å². The Morgan fingerprint density at radius 2 is 0.783 bits per heavy atom. The van der Waals surface area contributed by atoms with Crippen molar-refractivity contribution in [2.75, 3.05) is 171 Å². The molecule has 13 amide bonds. The number of rotatable bonds is 49. The Hall–Kier alpha value is -7.17. The fraction of sp³-hybridized carbons (Fsp3) is 0.765. The molecule has 0 saturated carbocycles. The lowest BCUT2D eigenvalue weighted by Crippen LogP contribution is -2.53. The summed E-state index contributed by atoms with van der Waals surface area (Å²) in [6.07, 6.45) is 19.6. The SMILES string of the molecule is N=S.O=C(O)CBr.O=C(O)CCCCC1SCC2NC(=O)NC21.O=C(O)CN1CCN(CCOO)CCN(CCOO)CCN(CC(=O)O)C(Cc2ccc(NC(=O)COCCCCCC3SCC4NC(=O)NC43)cc2)C1.O=C(O)COCCCCCC1SCC2NC(=O)NC21.O=C1NC2CSC(CCCCCO)C2N1.O=C1NC2CSC(CCCCCOCC(=O)ON3C(=O)CCC3=O)C2N1.[B]. The number of benzene rings is 1. The van der Waals surface area contributed by atoms with Crippen molar-refractivity contribution in [1.29, 1.82) is 4.78 Å². The number of carbonyl (C=O) groups is 14. The number of urea groups is 5. The van der Waals surface area contributed by atoms with E-state index in [1.807, 2.05) is 75.8 Å². The number of nitrogens with one attached hydrogen (secondary N) is 12. The molecular formula is C85H138BBrN17O28S6. The Morgan fingerprint density at radius 1 is 0.428 bits per heavy atom. The van der Waals surface area contributed by atoms with Gasteiger partial charge in [0.25, 0.3) is 11.8 Å². The highest BCUT2D eigenvalue weighted by atomic mass is 79.9. The number of ether oxygens (including phenoxy) is 3. The molecule has 13 rings (SSSR count). The van der Waals surface area contributed by atoms with Gasteiger partial charge in [-0.05, 0) is 88.3 Å². The standard InChI is InChI=1S/C35H57N7O11S.C16H23N3O6S.C12H20N2O4S.C10H16N2O3S.C10H18N2O2S.C2H3BrO2.B.HNS/c43-31(24-51-17-3-1-2-4-30-34-29(25-54-30)37-35(48)38-34)36-27-7-5-26(6-8-27)20-28-21-41(22-32(44)45)12-11-39(15-18-52-49)9-10-40(16-19-53-50)13-14-42(28)23-33(46)47;20-12-5-6-13(21)19(12)25-14(22)8-24-7-3-1-2-4-11-15-10(9-26-11)17-16(23)18-15;15-10(16)6-18-5-3-1-2-4-9-11-8(7-19-9)13-12(17)14-11;13-8(14)4-2-1-3-7-9-6(5-16-7)11-10(15)12-9;13-5-3-1-2-4-8-9-7(6-15-8)11-10(14)12-9;3-1-2(4)5;;1-2/h5-8,28-30,34,49-50H,1-4,9-25H2,(H,36,43)(H,44,45)(H,46,47)(H2,37,38,48);10-11,15H,1-9H2,(H2,17,18,23);8-9,11H,1-7H2,(H,15,16)(H2,13,14,17);6-7,9H,1-5H2,(H,13,14)(H2,11,12,15);7-9,13H,1-6H2,(H2,11,12,14);1H2,(H,4,5);;1H. The van der Waals surface area contributed by atoms with E-state index in [0.29, 0.717) is 140 Å². The first-order valence-corrected chi connectivity index (χ1v) is 53.4. The number of imide groups is 1. The van der Waals surface area contributed by atoms with Crippen LogP contribution in [0.15, 0.2) is 24.3 Å². The number of fused-ring (bicyclic) bond motifs is 5. The number of aliphatic hydroxyl groups is 1. The Labute approximate surface area is 840 Å². The summed E-state index contributed by atoms with van der Waals surface area (Å²) in [5, 5.41) is 106. The zero-order valence-corrected chi connectivity index (χ0v) is 84.1. The molecule has 0 spiro atoms. The maximum Gasteiger partial charge on any atom is 0.358 e. The first kappa shape index (κ1) is 120. The number of carboxylic acid groups (broad SMARTS) is 5. The second-order valence-corrected chi connectivity index (χ2v) is 41.4. The monoisotopic (exact) mass is 2130 g/mol. The number of alkyl halides is 1. The maximum atomic E-state index is 12.6. The maximum absolute atomic E-state index is 12.6. The van der Waals surface area contributed by atoms with Gasteiger partial charge in [-0.25, -0.2) is 48.1 Å². The number of thioether (sulfide) groups is 5. The smallest absolute Gasteiger partial charge is 0.358 e. The third-order valence-electron chi connectivity index (χ3n) is 24.3. The Kier molecular flexibility index (Phi) is 58.4. The predicted molar refractivity (Wildman–Crippen MR) is 525 cm³/mol. The molecular weight excluding hydrogens is 1990 g/mol. The molecule has 12 heterocycles. The van der Waals surface area contributed by atoms with Crippen LogP contribution in [0.1, 0.15) is 147 Å². The number of hydrogen-bond acceptors (Lipinski definition) is 34. The lowest BCUT2D eigenvalue weighted by Gasteiger charge is -2.38. The molecule has 0 aliphatic carbocycles. The predicted octanol–water partition coefficient (Wildman–Crippen LogP) is 3.68. The van der Waals surface area contributed by atoms with E-state index in [0.717, 1.165) is 156 Å². The molecule has 12 aliphatic rings. The molecule has 12 fully saturated rings. The molecule has 3 radical (unpaired) electrons. The van der Waals surface area contributed by atoms with Gasteiger partial charge in [-0.1, -0.05) is 85.9 Å². The number of aliphatic hydroxyl groups excluding tert-OH is 1. The van der Waals surface area contributed by atoms with Gasteiger partial charge in [-0.2, -0.15) is 58.8 Å². The minimum absolute atomic E-state index is 0. The molecule has 12 aliphatic heterocycles. The number of nitrogens with zero attached hydrogens (tertiary/aromatic N) is 5. The van der Waals surface area contributed by atoms with Crippen LogP contribution in [0.25, 0.3) is 0 Å². The molecule has 16 unspecified atom stereocenters. The van der Waals surface area contributed by atoms with E-state index >= 15 is 0 Å². The Morgan fingerprint density at radius 3 is 1.14 bits per heavy atom. The molecule has 1 aromatic carbocycles. The molecule has 12 saturated heterocycles. The number of hydrogen-bond donors (Lipinski definition) is 20. The summed E-state index contributed by atoms with van der Waals surface area (Å²) in [7, 11) is 0. The van der Waals surface area contributed by atoms with Crippen LogP contribution in [-0.4, -0.2) is 416 Å². The molecule has 777 valence electrons. The van der Waals surface area contributed by atoms with E-state index < -0.39 is 47.6 Å². The first-order chi connectivity index (χ1) is 66.1. The molecule has 1 aromatic rings. The summed E-state index contributed by atoms with van der Waals surface area (Å²) in [6.45, 7) is 4.82. The molecule has 0 bridgehead atoms. The lowest BCUT2D eigenvalue weighted by molar-refractivity contribution is -0.245. The van der Waals surface area contributed by atoms with Crippen molar-refractivity contribution in [3.8, 4) is 0 Å². The van der Waals surface area contributed by atoms with E-state index in [1.54, 1.807) is 17.0 Å². The fourth-order valence-electron chi connectivity index (χ4n) is 17.6. The minimum Gasteiger partial charge on any atom is -0.481 e. The molecule has 0 aromatic heterocycles. The molecule has 16 atom stereocenters. The topological polar surface area (TPSA) is 629 Å². The second kappa shape index (κ2) is 67.4. The quantitative estimate of drug-likeness (QED) is 0.00841.